The van der Waals surface area contributed by atoms with Gasteiger partial charge in [0.2, 0.25) is 5.91 Å². The minimum Gasteiger partial charge on any atom is -0.481 e. The molecule has 29 heavy (non-hydrogen) atoms. The quantitative estimate of drug-likeness (QED) is 0.528. The topological polar surface area (TPSA) is 131 Å². The molecule has 2 rings (SSSR count). The van der Waals surface area contributed by atoms with E-state index in [2.05, 4.69) is 10.6 Å². The molecule has 2 amide bonds. The molecule has 1 saturated carbocycles. The van der Waals surface area contributed by atoms with E-state index in [0.717, 1.165) is 12.0 Å². The number of carbonyl (C=O) groups is 4. The minimum absolute atomic E-state index is 0.154. The third-order valence-corrected chi connectivity index (χ3v) is 4.82. The molecular weight excluding hydrogens is 380 g/mol. The molecule has 2 atom stereocenters. The molecule has 1 aromatic rings. The highest BCUT2D eigenvalue weighted by Crippen LogP contribution is 2.34. The van der Waals surface area contributed by atoms with Crippen LogP contribution < -0.4 is 10.6 Å². The Hall–Kier alpha value is -3.10. The van der Waals surface area contributed by atoms with Gasteiger partial charge in [-0.05, 0) is 31.7 Å². The number of benzene rings is 1. The summed E-state index contributed by atoms with van der Waals surface area (Å²) in [7, 11) is 1.19. The molecule has 0 bridgehead atoms. The molecule has 0 saturated heterocycles. The predicted octanol–water partition coefficient (Wildman–Crippen LogP) is 1.40. The second-order valence-electron chi connectivity index (χ2n) is 7.26. The normalized spacial score (nSPS) is 16.5. The lowest BCUT2D eigenvalue weighted by Gasteiger charge is -2.37. The van der Waals surface area contributed by atoms with E-state index in [1.54, 1.807) is 31.2 Å². The number of esters is 1. The van der Waals surface area contributed by atoms with Crippen molar-refractivity contribution in [3.8, 4) is 0 Å². The van der Waals surface area contributed by atoms with E-state index in [1.807, 2.05) is 6.07 Å². The lowest BCUT2D eigenvalue weighted by Crippen LogP contribution is -2.54. The molecule has 158 valence electrons. The van der Waals surface area contributed by atoms with Crippen LogP contribution in [0.5, 0.6) is 0 Å². The van der Waals surface area contributed by atoms with Gasteiger partial charge in [-0.1, -0.05) is 30.3 Å². The first kappa shape index (κ1) is 22.2. The Balaban J connectivity index is 2.05. The first-order valence-electron chi connectivity index (χ1n) is 9.36. The maximum atomic E-state index is 12.6. The summed E-state index contributed by atoms with van der Waals surface area (Å²) in [6.07, 6.45) is 0.975. The summed E-state index contributed by atoms with van der Waals surface area (Å²) in [5.74, 6) is -2.77. The van der Waals surface area contributed by atoms with Crippen molar-refractivity contribution >= 4 is 23.9 Å². The van der Waals surface area contributed by atoms with Crippen molar-refractivity contribution in [2.45, 2.75) is 56.7 Å². The van der Waals surface area contributed by atoms with Gasteiger partial charge in [-0.3, -0.25) is 9.59 Å². The zero-order chi connectivity index (χ0) is 21.4. The third-order valence-electron chi connectivity index (χ3n) is 4.82. The van der Waals surface area contributed by atoms with E-state index in [-0.39, 0.29) is 6.42 Å². The molecule has 9 heteroatoms. The Morgan fingerprint density at radius 2 is 1.76 bits per heavy atom. The van der Waals surface area contributed by atoms with Gasteiger partial charge in [0.25, 0.3) is 0 Å². The average Bonchev–Trinajstić information content (AvgIpc) is 2.65. The monoisotopic (exact) mass is 406 g/mol. The number of carboxylic acid groups (broad SMARTS) is 1. The van der Waals surface area contributed by atoms with Crippen LogP contribution in [0.2, 0.25) is 0 Å². The van der Waals surface area contributed by atoms with Crippen molar-refractivity contribution in [3.63, 3.8) is 0 Å². The fourth-order valence-electron chi connectivity index (χ4n) is 3.01. The number of alkyl carbamates (subject to hydrolysis) is 1. The molecule has 0 aromatic heterocycles. The van der Waals surface area contributed by atoms with Crippen molar-refractivity contribution in [1.82, 2.24) is 10.6 Å². The summed E-state index contributed by atoms with van der Waals surface area (Å²) in [6, 6.07) is 6.53. The van der Waals surface area contributed by atoms with Crippen LogP contribution in [0, 0.1) is 0 Å². The number of methoxy groups -OCH3 is 1. The smallest absolute Gasteiger partial charge is 0.408 e. The number of ether oxygens (including phenoxy) is 2. The van der Waals surface area contributed by atoms with Crippen LogP contribution in [-0.4, -0.2) is 53.8 Å². The molecule has 0 heterocycles. The second-order valence-corrected chi connectivity index (χ2v) is 7.26. The Kier molecular flexibility index (Phi) is 7.58. The number of aliphatic carboxylic acids is 1. The predicted molar refractivity (Wildman–Crippen MR) is 102 cm³/mol. The van der Waals surface area contributed by atoms with Crippen molar-refractivity contribution in [2.24, 2.45) is 0 Å². The molecule has 9 nitrogen and oxygen atoms in total. The number of hydrogen-bond donors (Lipinski definition) is 3. The lowest BCUT2D eigenvalue weighted by molar-refractivity contribution is -0.145. The Morgan fingerprint density at radius 3 is 2.28 bits per heavy atom. The summed E-state index contributed by atoms with van der Waals surface area (Å²) in [4.78, 5) is 48.0. The summed E-state index contributed by atoms with van der Waals surface area (Å²) in [6.45, 7) is 1.77. The van der Waals surface area contributed by atoms with Crippen molar-refractivity contribution < 1.29 is 33.8 Å². The number of carbonyl (C=O) groups excluding carboxylic acids is 3. The molecule has 0 radical (unpaired) electrons. The van der Waals surface area contributed by atoms with E-state index >= 15 is 0 Å². The highest BCUT2D eigenvalue weighted by molar-refractivity contribution is 5.92. The molecule has 1 aliphatic rings. The summed E-state index contributed by atoms with van der Waals surface area (Å²) in [5.41, 5.74) is 0.180. The number of amides is 2. The van der Waals surface area contributed by atoms with E-state index in [0.29, 0.717) is 12.8 Å². The van der Waals surface area contributed by atoms with Crippen LogP contribution in [-0.2, 0) is 30.3 Å². The molecular formula is C20H26N2O7. The van der Waals surface area contributed by atoms with Crippen LogP contribution in [0.25, 0.3) is 0 Å². The number of nitrogens with one attached hydrogen (secondary N) is 2. The van der Waals surface area contributed by atoms with Gasteiger partial charge in [-0.15, -0.1) is 0 Å². The van der Waals surface area contributed by atoms with E-state index in [4.69, 9.17) is 14.6 Å². The van der Waals surface area contributed by atoms with Crippen LogP contribution in [0.3, 0.4) is 0 Å². The fraction of sp³-hybridized carbons (Fsp3) is 0.500. The Labute approximate surface area is 168 Å². The summed E-state index contributed by atoms with van der Waals surface area (Å²) in [5, 5.41) is 13.9. The average molecular weight is 406 g/mol. The van der Waals surface area contributed by atoms with Gasteiger partial charge in [0, 0.05) is 6.42 Å². The third kappa shape index (κ3) is 6.78. The van der Waals surface area contributed by atoms with Crippen LogP contribution in [0.4, 0.5) is 4.79 Å². The maximum absolute atomic E-state index is 12.6. The minimum atomic E-state index is -1.40. The van der Waals surface area contributed by atoms with E-state index in [1.165, 1.54) is 7.11 Å². The van der Waals surface area contributed by atoms with Gasteiger partial charge in [0.05, 0.1) is 13.5 Å². The Morgan fingerprint density at radius 1 is 1.10 bits per heavy atom. The van der Waals surface area contributed by atoms with Gasteiger partial charge in [-0.2, -0.15) is 0 Å². The van der Waals surface area contributed by atoms with Gasteiger partial charge in [0.1, 0.15) is 17.7 Å². The first-order chi connectivity index (χ1) is 13.7. The largest absolute Gasteiger partial charge is 0.481 e. The number of rotatable bonds is 9. The highest BCUT2D eigenvalue weighted by Gasteiger charge is 2.37. The lowest BCUT2D eigenvalue weighted by atomic mass is 9.82. The van der Waals surface area contributed by atoms with Gasteiger partial charge < -0.3 is 25.2 Å². The highest BCUT2D eigenvalue weighted by atomic mass is 16.6. The molecule has 1 aliphatic carbocycles. The van der Waals surface area contributed by atoms with Crippen LogP contribution >= 0.6 is 0 Å². The molecule has 0 unspecified atom stereocenters. The molecule has 1 aromatic carbocycles. The zero-order valence-corrected chi connectivity index (χ0v) is 16.5. The maximum Gasteiger partial charge on any atom is 0.408 e. The molecule has 1 fully saturated rings. The molecule has 3 N–H and O–H groups in total. The first-order valence-corrected chi connectivity index (χ1v) is 9.36. The fourth-order valence-corrected chi connectivity index (χ4v) is 3.01. The van der Waals surface area contributed by atoms with E-state index < -0.39 is 48.0 Å². The van der Waals surface area contributed by atoms with Gasteiger partial charge in [0.15, 0.2) is 0 Å². The number of carboxylic acids is 1. The molecule has 0 aliphatic heterocycles. The summed E-state index contributed by atoms with van der Waals surface area (Å²) >= 11 is 0. The Bertz CT molecular complexity index is 746. The van der Waals surface area contributed by atoms with Gasteiger partial charge in [-0.25, -0.2) is 9.59 Å². The van der Waals surface area contributed by atoms with Crippen LogP contribution in [0.1, 0.15) is 38.2 Å². The van der Waals surface area contributed by atoms with Crippen LogP contribution in [0.15, 0.2) is 30.3 Å². The van der Waals surface area contributed by atoms with Crippen molar-refractivity contribution in [1.29, 1.82) is 0 Å². The second kappa shape index (κ2) is 9.90. The van der Waals surface area contributed by atoms with Crippen molar-refractivity contribution in [2.75, 3.05) is 7.11 Å². The summed E-state index contributed by atoms with van der Waals surface area (Å²) < 4.78 is 10.0. The van der Waals surface area contributed by atoms with Gasteiger partial charge >= 0.3 is 18.0 Å². The van der Waals surface area contributed by atoms with Crippen molar-refractivity contribution in [3.05, 3.63) is 35.9 Å². The standard InChI is InChI=1S/C20H26N2O7/c1-20(9-6-10-20)29-19(27)22-14(12-16(23)24)17(25)21-15(18(26)28-2)11-13-7-4-3-5-8-13/h3-5,7-8,14-15H,6,9-12H2,1-2H3,(H,21,25)(H,22,27)(H,23,24)/t14-,15-/m0/s1. The zero-order valence-electron chi connectivity index (χ0n) is 16.5. The SMILES string of the molecule is COC(=O)[C@H](Cc1ccccc1)NC(=O)[C@H](CC(=O)O)NC(=O)OC1(C)CCC1. The van der Waals surface area contributed by atoms with E-state index in [9.17, 15) is 19.2 Å². The number of hydrogen-bond acceptors (Lipinski definition) is 6. The molecule has 0 spiro atoms.